The molecular weight excluding hydrogens is 624 g/mol. The smallest absolute Gasteiger partial charge is 0.187 e. The third kappa shape index (κ3) is 7.59. The van der Waals surface area contributed by atoms with Gasteiger partial charge in [0.15, 0.2) is 25.2 Å². The second-order valence-electron chi connectivity index (χ2n) is 11.2. The van der Waals surface area contributed by atoms with E-state index in [0.717, 1.165) is 0 Å². The Morgan fingerprint density at radius 2 is 0.778 bits per heavy atom. The minimum absolute atomic E-state index is 0.703. The fourth-order valence-corrected chi connectivity index (χ4v) is 5.44. The lowest BCUT2D eigenvalue weighted by molar-refractivity contribution is -0.380. The van der Waals surface area contributed by atoms with E-state index < -0.39 is 149 Å². The highest BCUT2D eigenvalue weighted by atomic mass is 16.8. The van der Waals surface area contributed by atoms with Crippen LogP contribution in [0.3, 0.4) is 0 Å². The van der Waals surface area contributed by atoms with Crippen LogP contribution < -0.4 is 0 Å². The van der Waals surface area contributed by atoms with E-state index in [1.54, 1.807) is 0 Å². The van der Waals surface area contributed by atoms with Crippen LogP contribution in [0, 0.1) is 0 Å². The first-order chi connectivity index (χ1) is 21.2. The minimum Gasteiger partial charge on any atom is -0.394 e. The predicted molar refractivity (Wildman–Crippen MR) is 134 cm³/mol. The van der Waals surface area contributed by atoms with Gasteiger partial charge in [-0.1, -0.05) is 0 Å². The van der Waals surface area contributed by atoms with Crippen LogP contribution in [-0.2, 0) is 33.2 Å². The molecule has 21 nitrogen and oxygen atoms in total. The van der Waals surface area contributed by atoms with E-state index in [4.69, 9.17) is 33.2 Å². The third-order valence-electron chi connectivity index (χ3n) is 8.18. The average Bonchev–Trinajstić information content (AvgIpc) is 3.03. The predicted octanol–water partition coefficient (Wildman–Crippen LogP) is -9.75. The van der Waals surface area contributed by atoms with Gasteiger partial charge in [-0.3, -0.25) is 0 Å². The lowest BCUT2D eigenvalue weighted by atomic mass is 9.96. The first-order valence-corrected chi connectivity index (χ1v) is 14.1. The number of ether oxygens (including phenoxy) is 7. The first-order valence-electron chi connectivity index (χ1n) is 14.1. The van der Waals surface area contributed by atoms with Crippen LogP contribution in [0.25, 0.3) is 0 Å². The largest absolute Gasteiger partial charge is 0.394 e. The zero-order chi connectivity index (χ0) is 33.3. The molecule has 0 bridgehead atoms. The van der Waals surface area contributed by atoms with Crippen LogP contribution in [0.15, 0.2) is 0 Å². The summed E-state index contributed by atoms with van der Waals surface area (Å²) in [5.74, 6) is 0. The van der Waals surface area contributed by atoms with Crippen molar-refractivity contribution in [3.8, 4) is 0 Å². The molecule has 21 heteroatoms. The Labute approximate surface area is 254 Å². The monoisotopic (exact) mass is 666 g/mol. The molecular formula is C24H42O21. The number of hydrogen-bond donors (Lipinski definition) is 14. The molecule has 0 amide bonds. The van der Waals surface area contributed by atoms with Gasteiger partial charge in [0.2, 0.25) is 0 Å². The van der Waals surface area contributed by atoms with E-state index >= 15 is 0 Å². The van der Waals surface area contributed by atoms with Crippen LogP contribution in [0.2, 0.25) is 0 Å². The molecule has 4 aliphatic heterocycles. The molecule has 0 aliphatic carbocycles. The summed E-state index contributed by atoms with van der Waals surface area (Å²) in [6.45, 7) is -3.15. The van der Waals surface area contributed by atoms with E-state index in [2.05, 4.69) is 0 Å². The summed E-state index contributed by atoms with van der Waals surface area (Å²) in [5.41, 5.74) is 0. The van der Waals surface area contributed by atoms with Gasteiger partial charge in [-0.05, 0) is 0 Å². The second kappa shape index (κ2) is 15.6. The van der Waals surface area contributed by atoms with Gasteiger partial charge in [-0.2, -0.15) is 0 Å². The molecule has 0 aromatic carbocycles. The summed E-state index contributed by atoms with van der Waals surface area (Å²) in [5, 5.41) is 142. The Bertz CT molecular complexity index is 912. The quantitative estimate of drug-likeness (QED) is 0.103. The van der Waals surface area contributed by atoms with E-state index in [-0.39, 0.29) is 0 Å². The van der Waals surface area contributed by atoms with Crippen LogP contribution >= 0.6 is 0 Å². The molecule has 20 atom stereocenters. The summed E-state index contributed by atoms with van der Waals surface area (Å²) >= 11 is 0. The van der Waals surface area contributed by atoms with Gasteiger partial charge < -0.3 is 105 Å². The molecule has 14 N–H and O–H groups in total. The zero-order valence-electron chi connectivity index (χ0n) is 23.5. The molecule has 0 aromatic heterocycles. The van der Waals surface area contributed by atoms with E-state index in [0.29, 0.717) is 0 Å². The number of aliphatic hydroxyl groups is 14. The van der Waals surface area contributed by atoms with Gasteiger partial charge in [-0.15, -0.1) is 0 Å². The molecule has 4 fully saturated rings. The van der Waals surface area contributed by atoms with E-state index in [1.807, 2.05) is 0 Å². The van der Waals surface area contributed by atoms with Gasteiger partial charge in [0.1, 0.15) is 97.7 Å². The molecule has 45 heavy (non-hydrogen) atoms. The Morgan fingerprint density at radius 1 is 0.378 bits per heavy atom. The van der Waals surface area contributed by atoms with Gasteiger partial charge in [-0.25, -0.2) is 0 Å². The van der Waals surface area contributed by atoms with E-state index in [9.17, 15) is 71.5 Å². The Balaban J connectivity index is 1.45. The van der Waals surface area contributed by atoms with Crippen molar-refractivity contribution in [1.82, 2.24) is 0 Å². The highest BCUT2D eigenvalue weighted by Gasteiger charge is 2.54. The Kier molecular flexibility index (Phi) is 12.8. The molecule has 0 spiro atoms. The number of hydrogen-bond acceptors (Lipinski definition) is 21. The normalized spacial score (nSPS) is 52.9. The number of rotatable bonds is 10. The fourth-order valence-electron chi connectivity index (χ4n) is 5.44. The van der Waals surface area contributed by atoms with Crippen LogP contribution in [0.5, 0.6) is 0 Å². The molecule has 0 radical (unpaired) electrons. The zero-order valence-corrected chi connectivity index (χ0v) is 23.5. The summed E-state index contributed by atoms with van der Waals surface area (Å²) in [6, 6.07) is 0. The van der Waals surface area contributed by atoms with Gasteiger partial charge in [0.05, 0.1) is 26.4 Å². The first kappa shape index (κ1) is 37.0. The molecule has 4 rings (SSSR count). The molecule has 0 aromatic rings. The van der Waals surface area contributed by atoms with Gasteiger partial charge in [0, 0.05) is 0 Å². The summed E-state index contributed by atoms with van der Waals surface area (Å²) in [4.78, 5) is 0. The van der Waals surface area contributed by atoms with Crippen molar-refractivity contribution in [2.45, 2.75) is 123 Å². The number of aliphatic hydroxyl groups excluding tert-OH is 14. The lowest BCUT2D eigenvalue weighted by Gasteiger charge is -2.48. The molecule has 0 saturated carbocycles. The molecule has 4 saturated heterocycles. The fraction of sp³-hybridized carbons (Fsp3) is 1.00. The molecule has 264 valence electrons. The summed E-state index contributed by atoms with van der Waals surface area (Å²) in [7, 11) is 0. The summed E-state index contributed by atoms with van der Waals surface area (Å²) < 4.78 is 37.8. The standard InChI is InChI=1S/C24H42O21/c25-1-5-9(28)11(30)16(35)22(41-5)39-4-8-20(13(32)15(34)21(38)40-8)45-24-18(37)14(33)19(7(3-27)43-24)44-23-17(36)12(31)10(29)6(2-26)42-23/h5-38H,1-4H2/t5-,6-,7-,8-,9-,10-,11+,12+,13-,14-,15-,16-,17-,18-,19-,20-,21?,22+,23-,24-/m1/s1. The highest BCUT2D eigenvalue weighted by Crippen LogP contribution is 2.33. The van der Waals surface area contributed by atoms with Crippen molar-refractivity contribution in [2.75, 3.05) is 26.4 Å². The SMILES string of the molecule is OC[C@H]1O[C@H](OC[C@H]2OC(O)[C@H](O)[C@@H](O)[C@@H]2O[C@H]2O[C@H](CO)[C@@H](O[C@H]3O[C@H](CO)[C@@H](O)[C@H](O)[C@H]3O)[C@H](O)[C@H]2O)[C@H](O)[C@@H](O)[C@@H]1O. The highest BCUT2D eigenvalue weighted by molar-refractivity contribution is 4.97. The Morgan fingerprint density at radius 3 is 1.29 bits per heavy atom. The van der Waals surface area contributed by atoms with Crippen molar-refractivity contribution in [3.05, 3.63) is 0 Å². The van der Waals surface area contributed by atoms with Crippen molar-refractivity contribution in [1.29, 1.82) is 0 Å². The maximum absolute atomic E-state index is 10.9. The maximum atomic E-state index is 10.9. The van der Waals surface area contributed by atoms with Crippen LogP contribution in [0.4, 0.5) is 0 Å². The van der Waals surface area contributed by atoms with Crippen LogP contribution in [0.1, 0.15) is 0 Å². The van der Waals surface area contributed by atoms with Crippen molar-refractivity contribution in [3.63, 3.8) is 0 Å². The summed E-state index contributed by atoms with van der Waals surface area (Å²) in [6.07, 6.45) is -35.2. The third-order valence-corrected chi connectivity index (χ3v) is 8.18. The van der Waals surface area contributed by atoms with Gasteiger partial charge in [0.25, 0.3) is 0 Å². The maximum Gasteiger partial charge on any atom is 0.187 e. The Hall–Kier alpha value is -0.840. The van der Waals surface area contributed by atoms with Crippen molar-refractivity contribution >= 4 is 0 Å². The second-order valence-corrected chi connectivity index (χ2v) is 11.2. The molecule has 1 unspecified atom stereocenters. The van der Waals surface area contributed by atoms with Gasteiger partial charge >= 0.3 is 0 Å². The lowest BCUT2D eigenvalue weighted by Crippen LogP contribution is -2.66. The van der Waals surface area contributed by atoms with Crippen LogP contribution in [-0.4, -0.2) is 221 Å². The minimum atomic E-state index is -2.04. The van der Waals surface area contributed by atoms with Crippen molar-refractivity contribution < 1.29 is 105 Å². The van der Waals surface area contributed by atoms with E-state index in [1.165, 1.54) is 0 Å². The topological polar surface area (TPSA) is 348 Å². The molecule has 4 aliphatic rings. The van der Waals surface area contributed by atoms with Crippen molar-refractivity contribution in [2.24, 2.45) is 0 Å². The molecule has 4 heterocycles. The average molecular weight is 667 g/mol.